The summed E-state index contributed by atoms with van der Waals surface area (Å²) in [6.07, 6.45) is 2.92. The van der Waals surface area contributed by atoms with Crippen LogP contribution in [-0.4, -0.2) is 28.4 Å². The van der Waals surface area contributed by atoms with Crippen LogP contribution in [0.1, 0.15) is 54.1 Å². The summed E-state index contributed by atoms with van der Waals surface area (Å²) in [5.41, 5.74) is 4.05. The summed E-state index contributed by atoms with van der Waals surface area (Å²) in [5.74, 6) is 0.140. The summed E-state index contributed by atoms with van der Waals surface area (Å²) in [6, 6.07) is 14.1. The van der Waals surface area contributed by atoms with Gasteiger partial charge in [0.25, 0.3) is 11.8 Å². The van der Waals surface area contributed by atoms with Crippen molar-refractivity contribution in [1.29, 1.82) is 0 Å². The molecular formula is C24H27N3O4. The van der Waals surface area contributed by atoms with E-state index >= 15 is 0 Å². The van der Waals surface area contributed by atoms with Crippen LogP contribution in [-0.2, 0) is 11.4 Å². The van der Waals surface area contributed by atoms with Gasteiger partial charge < -0.3 is 10.1 Å². The summed E-state index contributed by atoms with van der Waals surface area (Å²) in [4.78, 5) is 38.1. The average molecular weight is 421 g/mol. The second kappa shape index (κ2) is 8.41. The minimum Gasteiger partial charge on any atom is -0.489 e. The highest BCUT2D eigenvalue weighted by Gasteiger charge is 2.52. The maximum atomic E-state index is 12.9. The van der Waals surface area contributed by atoms with Crippen LogP contribution in [0.15, 0.2) is 48.5 Å². The van der Waals surface area contributed by atoms with Crippen molar-refractivity contribution >= 4 is 17.8 Å². The molecule has 1 aliphatic heterocycles. The van der Waals surface area contributed by atoms with Crippen molar-refractivity contribution in [1.82, 2.24) is 15.8 Å². The molecule has 2 N–H and O–H groups in total. The lowest BCUT2D eigenvalue weighted by Crippen LogP contribution is -2.51. The van der Waals surface area contributed by atoms with E-state index in [4.69, 9.17) is 4.74 Å². The maximum absolute atomic E-state index is 12.9. The van der Waals surface area contributed by atoms with Gasteiger partial charge >= 0.3 is 6.03 Å². The van der Waals surface area contributed by atoms with Gasteiger partial charge in [-0.2, -0.15) is 5.01 Å². The number of imide groups is 1. The van der Waals surface area contributed by atoms with E-state index in [1.807, 2.05) is 31.2 Å². The summed E-state index contributed by atoms with van der Waals surface area (Å²) in [5, 5.41) is 3.62. The number of benzene rings is 2. The topological polar surface area (TPSA) is 87.7 Å². The zero-order chi connectivity index (χ0) is 22.0. The van der Waals surface area contributed by atoms with Gasteiger partial charge in [-0.15, -0.1) is 0 Å². The minimum absolute atomic E-state index is 0.306. The highest BCUT2D eigenvalue weighted by atomic mass is 16.5. The number of hydrogen-bond donors (Lipinski definition) is 2. The number of carbonyl (C=O) groups excluding carboxylic acids is 3. The molecule has 1 spiro atoms. The molecule has 2 aromatic rings. The first-order chi connectivity index (χ1) is 14.9. The van der Waals surface area contributed by atoms with Gasteiger partial charge in [-0.1, -0.05) is 42.8 Å². The van der Waals surface area contributed by atoms with E-state index < -0.39 is 17.5 Å². The van der Waals surface area contributed by atoms with E-state index in [1.165, 1.54) is 0 Å². The lowest BCUT2D eigenvalue weighted by Gasteiger charge is -2.33. The first-order valence-electron chi connectivity index (χ1n) is 10.6. The van der Waals surface area contributed by atoms with Crippen LogP contribution in [0, 0.1) is 12.8 Å². The van der Waals surface area contributed by atoms with Gasteiger partial charge in [0.15, 0.2) is 0 Å². The molecule has 1 aliphatic carbocycles. The number of aryl methyl sites for hydroxylation is 1. The number of hydrazine groups is 1. The van der Waals surface area contributed by atoms with E-state index in [0.717, 1.165) is 29.0 Å². The Balaban J connectivity index is 1.41. The van der Waals surface area contributed by atoms with Crippen molar-refractivity contribution in [2.24, 2.45) is 5.92 Å². The Hall–Kier alpha value is -3.35. The van der Waals surface area contributed by atoms with Crippen molar-refractivity contribution in [3.63, 3.8) is 0 Å². The first kappa shape index (κ1) is 20.9. The van der Waals surface area contributed by atoms with Crippen LogP contribution in [0.3, 0.4) is 0 Å². The Bertz CT molecular complexity index is 1010. The Labute approximate surface area is 181 Å². The summed E-state index contributed by atoms with van der Waals surface area (Å²) in [6.45, 7) is 4.53. The third-order valence-electron chi connectivity index (χ3n) is 6.09. The summed E-state index contributed by atoms with van der Waals surface area (Å²) in [7, 11) is 0. The molecule has 0 atom stereocenters. The molecule has 4 amide bonds. The molecule has 2 aliphatic rings. The van der Waals surface area contributed by atoms with Crippen LogP contribution >= 0.6 is 0 Å². The minimum atomic E-state index is -0.893. The van der Waals surface area contributed by atoms with Gasteiger partial charge in [0.05, 0.1) is 0 Å². The third-order valence-corrected chi connectivity index (χ3v) is 6.09. The number of amides is 4. The molecule has 4 rings (SSSR count). The van der Waals surface area contributed by atoms with E-state index in [2.05, 4.69) is 17.7 Å². The number of rotatable bonds is 5. The molecule has 0 bridgehead atoms. The second-order valence-electron chi connectivity index (χ2n) is 8.58. The fourth-order valence-electron chi connectivity index (χ4n) is 4.18. The molecule has 0 aromatic heterocycles. The molecule has 1 saturated heterocycles. The van der Waals surface area contributed by atoms with Crippen molar-refractivity contribution in [2.45, 2.75) is 51.7 Å². The second-order valence-corrected chi connectivity index (χ2v) is 8.58. The standard InChI is InChI=1S/C24H27N3O4/c1-16-9-11-24(12-10-16)22(29)27(23(30)25-24)26-21(28)19-7-4-8-20(14-19)31-15-18-6-3-5-17(2)13-18/h3-8,13-14,16H,9-12,15H2,1-2H3,(H,25,30)(H,26,28). The average Bonchev–Trinajstić information content (AvgIpc) is 2.99. The van der Waals surface area contributed by atoms with Gasteiger partial charge in [-0.3, -0.25) is 15.0 Å². The van der Waals surface area contributed by atoms with Gasteiger partial charge in [0.1, 0.15) is 17.9 Å². The number of nitrogens with zero attached hydrogens (tertiary/aromatic N) is 1. The molecule has 0 radical (unpaired) electrons. The van der Waals surface area contributed by atoms with Gasteiger partial charge in [0, 0.05) is 5.56 Å². The molecule has 7 nitrogen and oxygen atoms in total. The van der Waals surface area contributed by atoms with E-state index in [0.29, 0.717) is 36.7 Å². The number of ether oxygens (including phenoxy) is 1. The largest absolute Gasteiger partial charge is 0.489 e. The Morgan fingerprint density at radius 2 is 1.90 bits per heavy atom. The van der Waals surface area contributed by atoms with Crippen LogP contribution in [0.4, 0.5) is 4.79 Å². The fourth-order valence-corrected chi connectivity index (χ4v) is 4.18. The number of urea groups is 1. The number of hydrogen-bond acceptors (Lipinski definition) is 4. The molecule has 2 aromatic carbocycles. The summed E-state index contributed by atoms with van der Waals surface area (Å²) < 4.78 is 5.81. The van der Waals surface area contributed by atoms with E-state index in [1.54, 1.807) is 24.3 Å². The smallest absolute Gasteiger partial charge is 0.344 e. The zero-order valence-corrected chi connectivity index (χ0v) is 17.8. The summed E-state index contributed by atoms with van der Waals surface area (Å²) >= 11 is 0. The van der Waals surface area contributed by atoms with Crippen molar-refractivity contribution in [2.75, 3.05) is 0 Å². The highest BCUT2D eigenvalue weighted by Crippen LogP contribution is 2.35. The van der Waals surface area contributed by atoms with Gasteiger partial charge in [-0.25, -0.2) is 4.79 Å². The molecular weight excluding hydrogens is 394 g/mol. The van der Waals surface area contributed by atoms with Crippen LogP contribution in [0.25, 0.3) is 0 Å². The molecule has 162 valence electrons. The quantitative estimate of drug-likeness (QED) is 0.721. The Morgan fingerprint density at radius 3 is 2.65 bits per heavy atom. The fraction of sp³-hybridized carbons (Fsp3) is 0.375. The lowest BCUT2D eigenvalue weighted by atomic mass is 9.77. The molecule has 31 heavy (non-hydrogen) atoms. The Kier molecular flexibility index (Phi) is 5.67. The van der Waals surface area contributed by atoms with E-state index in [9.17, 15) is 14.4 Å². The molecule has 0 unspecified atom stereocenters. The molecule has 2 fully saturated rings. The van der Waals surface area contributed by atoms with Crippen molar-refractivity contribution in [3.05, 3.63) is 65.2 Å². The predicted molar refractivity (Wildman–Crippen MR) is 115 cm³/mol. The number of nitrogens with one attached hydrogen (secondary N) is 2. The first-order valence-corrected chi connectivity index (χ1v) is 10.6. The van der Waals surface area contributed by atoms with Crippen LogP contribution in [0.2, 0.25) is 0 Å². The normalized spacial score (nSPS) is 23.0. The van der Waals surface area contributed by atoms with E-state index in [-0.39, 0.29) is 5.91 Å². The van der Waals surface area contributed by atoms with Gasteiger partial charge in [0.2, 0.25) is 0 Å². The van der Waals surface area contributed by atoms with Crippen molar-refractivity contribution < 1.29 is 19.1 Å². The molecule has 7 heteroatoms. The monoisotopic (exact) mass is 421 g/mol. The zero-order valence-electron chi connectivity index (χ0n) is 17.8. The molecule has 1 saturated carbocycles. The highest BCUT2D eigenvalue weighted by molar-refractivity contribution is 6.09. The van der Waals surface area contributed by atoms with Crippen LogP contribution in [0.5, 0.6) is 5.75 Å². The molecule has 1 heterocycles. The van der Waals surface area contributed by atoms with Crippen molar-refractivity contribution in [3.8, 4) is 5.75 Å². The third kappa shape index (κ3) is 4.40. The van der Waals surface area contributed by atoms with Gasteiger partial charge in [-0.05, 0) is 62.3 Å². The predicted octanol–water partition coefficient (Wildman–Crippen LogP) is 3.72. The maximum Gasteiger partial charge on any atom is 0.344 e. The SMILES string of the molecule is Cc1cccc(COc2cccc(C(=O)NN3C(=O)NC4(CCC(C)CC4)C3=O)c2)c1. The Morgan fingerprint density at radius 1 is 1.16 bits per heavy atom. The number of carbonyl (C=O) groups is 3. The lowest BCUT2D eigenvalue weighted by molar-refractivity contribution is -0.134. The van der Waals surface area contributed by atoms with Crippen LogP contribution < -0.4 is 15.5 Å².